The Hall–Kier alpha value is -3.14. The lowest BCUT2D eigenvalue weighted by Gasteiger charge is -2.12. The van der Waals surface area contributed by atoms with Gasteiger partial charge in [0.2, 0.25) is 5.91 Å². The lowest BCUT2D eigenvalue weighted by Crippen LogP contribution is -2.24. The number of carbonyl (C=O) groups is 1. The highest BCUT2D eigenvalue weighted by Gasteiger charge is 2.20. The molecule has 6 nitrogen and oxygen atoms in total. The molecule has 2 N–H and O–H groups in total. The average Bonchev–Trinajstić information content (AvgIpc) is 2.69. The maximum Gasteiger partial charge on any atom is 0.278 e. The lowest BCUT2D eigenvalue weighted by molar-refractivity contribution is -0.115. The summed E-state index contributed by atoms with van der Waals surface area (Å²) in [7, 11) is 0. The summed E-state index contributed by atoms with van der Waals surface area (Å²) in [6, 6.07) is 10.3. The summed E-state index contributed by atoms with van der Waals surface area (Å²) in [5, 5.41) is 9.18. The number of nitrogens with one attached hydrogen (secondary N) is 2. The van der Waals surface area contributed by atoms with Gasteiger partial charge in [-0.1, -0.05) is 42.1 Å². The Balaban J connectivity index is 1.72. The van der Waals surface area contributed by atoms with Gasteiger partial charge in [-0.2, -0.15) is 0 Å². The second-order valence-electron chi connectivity index (χ2n) is 5.65. The van der Waals surface area contributed by atoms with Crippen molar-refractivity contribution in [2.75, 3.05) is 5.32 Å². The van der Waals surface area contributed by atoms with Crippen LogP contribution in [-0.2, 0) is 4.79 Å². The van der Waals surface area contributed by atoms with Crippen molar-refractivity contribution in [2.45, 2.75) is 17.3 Å². The molecular formula is C18H13F3N4O2S. The highest BCUT2D eigenvalue weighted by atomic mass is 32.2. The fourth-order valence-electron chi connectivity index (χ4n) is 2.24. The Labute approximate surface area is 161 Å². The Kier molecular flexibility index (Phi) is 5.78. The van der Waals surface area contributed by atoms with Crippen molar-refractivity contribution < 1.29 is 18.0 Å². The number of thioether (sulfide) groups is 1. The fraction of sp³-hybridized carbons (Fsp3) is 0.111. The minimum absolute atomic E-state index is 0.0816. The van der Waals surface area contributed by atoms with Crippen molar-refractivity contribution in [3.63, 3.8) is 0 Å². The minimum atomic E-state index is -1.68. The summed E-state index contributed by atoms with van der Waals surface area (Å²) in [6.07, 6.45) is 0. The van der Waals surface area contributed by atoms with E-state index in [4.69, 9.17) is 0 Å². The normalized spacial score (nSPS) is 11.9. The molecule has 3 rings (SSSR count). The van der Waals surface area contributed by atoms with E-state index in [1.165, 1.54) is 6.92 Å². The summed E-state index contributed by atoms with van der Waals surface area (Å²) >= 11 is 0.871. The first-order valence-electron chi connectivity index (χ1n) is 8.00. The van der Waals surface area contributed by atoms with Gasteiger partial charge in [-0.05, 0) is 19.1 Å². The minimum Gasteiger partial charge on any atom is -0.323 e. The van der Waals surface area contributed by atoms with Crippen LogP contribution in [0.5, 0.6) is 0 Å². The number of carbonyl (C=O) groups excluding carboxylic acids is 1. The number of hydrogen-bond acceptors (Lipinski definition) is 5. The largest absolute Gasteiger partial charge is 0.323 e. The van der Waals surface area contributed by atoms with Crippen molar-refractivity contribution >= 4 is 23.4 Å². The van der Waals surface area contributed by atoms with Gasteiger partial charge >= 0.3 is 0 Å². The highest BCUT2D eigenvalue weighted by molar-refractivity contribution is 8.00. The van der Waals surface area contributed by atoms with Gasteiger partial charge in [0.25, 0.3) is 5.56 Å². The quantitative estimate of drug-likeness (QED) is 0.501. The Morgan fingerprint density at radius 1 is 1.07 bits per heavy atom. The average molecular weight is 406 g/mol. The van der Waals surface area contributed by atoms with Crippen molar-refractivity contribution in [1.82, 2.24) is 15.2 Å². The molecule has 28 heavy (non-hydrogen) atoms. The van der Waals surface area contributed by atoms with Crippen molar-refractivity contribution in [3.8, 4) is 11.3 Å². The fourth-order valence-corrected chi connectivity index (χ4v) is 2.98. The Morgan fingerprint density at radius 2 is 1.79 bits per heavy atom. The van der Waals surface area contributed by atoms with Crippen LogP contribution in [0.1, 0.15) is 6.92 Å². The SMILES string of the molecule is CC(Sc1nnc(-c2ccccc2)c(=O)[nH]1)C(=O)Nc1ccc(F)c(F)c1F. The van der Waals surface area contributed by atoms with Gasteiger partial charge < -0.3 is 5.32 Å². The number of halogens is 3. The van der Waals surface area contributed by atoms with Crippen LogP contribution in [0.3, 0.4) is 0 Å². The van der Waals surface area contributed by atoms with Gasteiger partial charge in [-0.25, -0.2) is 13.2 Å². The zero-order chi connectivity index (χ0) is 20.3. The van der Waals surface area contributed by atoms with Gasteiger partial charge in [0.1, 0.15) is 0 Å². The standard InChI is InChI=1S/C18H13F3N4O2S/c1-9(16(26)22-12-8-7-11(19)13(20)14(12)21)28-18-23-17(27)15(24-25-18)10-5-3-2-4-6-10/h2-9H,1H3,(H,22,26)(H,23,25,27). The van der Waals surface area contributed by atoms with E-state index in [9.17, 15) is 22.8 Å². The predicted octanol–water partition coefficient (Wildman–Crippen LogP) is 3.37. The predicted molar refractivity (Wildman–Crippen MR) is 98.4 cm³/mol. The number of aromatic nitrogens is 3. The summed E-state index contributed by atoms with van der Waals surface area (Å²) in [6.45, 7) is 1.48. The van der Waals surface area contributed by atoms with Gasteiger partial charge in [-0.3, -0.25) is 14.6 Å². The molecule has 0 saturated carbocycles. The van der Waals surface area contributed by atoms with Crippen molar-refractivity contribution in [3.05, 3.63) is 70.3 Å². The number of benzene rings is 2. The van der Waals surface area contributed by atoms with E-state index in [2.05, 4.69) is 20.5 Å². The molecule has 1 amide bonds. The lowest BCUT2D eigenvalue weighted by atomic mass is 10.2. The third kappa shape index (κ3) is 4.22. The maximum absolute atomic E-state index is 13.7. The van der Waals surface area contributed by atoms with Crippen LogP contribution >= 0.6 is 11.8 Å². The van der Waals surface area contributed by atoms with E-state index in [1.54, 1.807) is 30.3 Å². The number of rotatable bonds is 5. The van der Waals surface area contributed by atoms with Crippen LogP contribution in [0.2, 0.25) is 0 Å². The summed E-state index contributed by atoms with van der Waals surface area (Å²) < 4.78 is 39.9. The molecule has 1 unspecified atom stereocenters. The Bertz CT molecular complexity index is 1080. The van der Waals surface area contributed by atoms with Crippen molar-refractivity contribution in [1.29, 1.82) is 0 Å². The molecule has 2 aromatic carbocycles. The number of H-pyrrole nitrogens is 1. The van der Waals surface area contributed by atoms with E-state index >= 15 is 0 Å². The molecular weight excluding hydrogens is 393 g/mol. The summed E-state index contributed by atoms with van der Waals surface area (Å²) in [5.41, 5.74) is -0.253. The van der Waals surface area contributed by atoms with Gasteiger partial charge in [0, 0.05) is 5.56 Å². The second-order valence-corrected chi connectivity index (χ2v) is 6.98. The monoisotopic (exact) mass is 406 g/mol. The first kappa shape index (κ1) is 19.6. The van der Waals surface area contributed by atoms with E-state index in [1.807, 2.05) is 0 Å². The van der Waals surface area contributed by atoms with E-state index in [-0.39, 0.29) is 10.9 Å². The van der Waals surface area contributed by atoms with Gasteiger partial charge in [0.05, 0.1) is 10.9 Å². The van der Waals surface area contributed by atoms with E-state index in [0.717, 1.165) is 17.8 Å². The van der Waals surface area contributed by atoms with Crippen LogP contribution < -0.4 is 10.9 Å². The third-order valence-electron chi connectivity index (χ3n) is 3.67. The van der Waals surface area contributed by atoms with Crippen LogP contribution in [0.4, 0.5) is 18.9 Å². The number of aromatic amines is 1. The number of hydrogen-bond donors (Lipinski definition) is 2. The van der Waals surface area contributed by atoms with Crippen LogP contribution in [0.25, 0.3) is 11.3 Å². The van der Waals surface area contributed by atoms with Gasteiger partial charge in [-0.15, -0.1) is 10.2 Å². The zero-order valence-corrected chi connectivity index (χ0v) is 15.2. The molecule has 0 aliphatic carbocycles. The molecule has 1 aromatic heterocycles. The molecule has 144 valence electrons. The zero-order valence-electron chi connectivity index (χ0n) is 14.4. The number of amides is 1. The smallest absolute Gasteiger partial charge is 0.278 e. The molecule has 10 heteroatoms. The van der Waals surface area contributed by atoms with Gasteiger partial charge in [0.15, 0.2) is 28.3 Å². The highest BCUT2D eigenvalue weighted by Crippen LogP contribution is 2.23. The number of anilines is 1. The molecule has 0 radical (unpaired) electrons. The molecule has 0 saturated heterocycles. The molecule has 1 atom stereocenters. The molecule has 0 aliphatic heterocycles. The molecule has 0 aliphatic rings. The van der Waals surface area contributed by atoms with Crippen LogP contribution in [0, 0.1) is 17.5 Å². The number of nitrogens with zero attached hydrogens (tertiary/aromatic N) is 2. The molecule has 3 aromatic rings. The molecule has 0 spiro atoms. The van der Waals surface area contributed by atoms with E-state index < -0.39 is 39.9 Å². The summed E-state index contributed by atoms with van der Waals surface area (Å²) in [5.74, 6) is -5.22. The van der Waals surface area contributed by atoms with E-state index in [0.29, 0.717) is 11.6 Å². The second kappa shape index (κ2) is 8.26. The third-order valence-corrected chi connectivity index (χ3v) is 4.65. The molecule has 1 heterocycles. The Morgan fingerprint density at radius 3 is 2.46 bits per heavy atom. The maximum atomic E-state index is 13.7. The first-order chi connectivity index (χ1) is 13.4. The summed E-state index contributed by atoms with van der Waals surface area (Å²) in [4.78, 5) is 26.9. The van der Waals surface area contributed by atoms with Crippen molar-refractivity contribution in [2.24, 2.45) is 0 Å². The topological polar surface area (TPSA) is 87.7 Å². The molecule has 0 fully saturated rings. The van der Waals surface area contributed by atoms with Crippen LogP contribution in [0.15, 0.2) is 52.4 Å². The first-order valence-corrected chi connectivity index (χ1v) is 8.88. The molecule has 0 bridgehead atoms. The van der Waals surface area contributed by atoms with Crippen LogP contribution in [-0.4, -0.2) is 26.3 Å².